The molecule has 0 aromatic heterocycles. The fraction of sp³-hybridized carbons (Fsp3) is 0.417. The van der Waals surface area contributed by atoms with Crippen LogP contribution in [0.5, 0.6) is 0 Å². The first-order valence-corrected chi connectivity index (χ1v) is 10.9. The normalized spacial score (nSPS) is 12.4. The fourth-order valence-corrected chi connectivity index (χ4v) is 3.75. The zero-order valence-corrected chi connectivity index (χ0v) is 19.8. The summed E-state index contributed by atoms with van der Waals surface area (Å²) in [6.45, 7) is 10.0. The molecule has 162 valence electrons. The van der Waals surface area contributed by atoms with Crippen LogP contribution < -0.4 is 5.32 Å². The fourth-order valence-electron chi connectivity index (χ4n) is 3.22. The number of carbonyl (C=O) groups is 2. The Labute approximate surface area is 189 Å². The third kappa shape index (κ3) is 6.75. The van der Waals surface area contributed by atoms with E-state index in [1.54, 1.807) is 23.1 Å². The van der Waals surface area contributed by atoms with Crippen LogP contribution in [0, 0.1) is 6.92 Å². The molecule has 2 aromatic rings. The van der Waals surface area contributed by atoms with Gasteiger partial charge in [-0.05, 0) is 57.4 Å². The number of benzene rings is 2. The topological polar surface area (TPSA) is 49.4 Å². The van der Waals surface area contributed by atoms with Crippen LogP contribution in [-0.4, -0.2) is 28.3 Å². The maximum Gasteiger partial charge on any atom is 0.243 e. The number of hydrogen-bond acceptors (Lipinski definition) is 2. The molecule has 0 saturated carbocycles. The van der Waals surface area contributed by atoms with E-state index < -0.39 is 11.6 Å². The maximum atomic E-state index is 13.4. The predicted molar refractivity (Wildman–Crippen MR) is 124 cm³/mol. The number of nitrogens with one attached hydrogen (secondary N) is 1. The molecule has 2 amide bonds. The summed E-state index contributed by atoms with van der Waals surface area (Å²) in [5, 5.41) is 3.89. The first kappa shape index (κ1) is 24.2. The first-order chi connectivity index (χ1) is 14.0. The molecule has 1 N–H and O–H groups in total. The molecule has 0 unspecified atom stereocenters. The molecule has 0 heterocycles. The van der Waals surface area contributed by atoms with E-state index in [0.717, 1.165) is 11.1 Å². The average Bonchev–Trinajstić information content (AvgIpc) is 2.64. The zero-order chi connectivity index (χ0) is 22.5. The zero-order valence-electron chi connectivity index (χ0n) is 18.3. The third-order valence-corrected chi connectivity index (χ3v) is 5.46. The van der Waals surface area contributed by atoms with Gasteiger partial charge in [0.25, 0.3) is 0 Å². The molecule has 0 aliphatic rings. The predicted octanol–water partition coefficient (Wildman–Crippen LogP) is 5.57. The molecule has 0 bridgehead atoms. The molecule has 30 heavy (non-hydrogen) atoms. The highest BCUT2D eigenvalue weighted by atomic mass is 35.5. The molecule has 0 aliphatic heterocycles. The molecule has 0 saturated heterocycles. The number of halogens is 2. The molecule has 1 atom stereocenters. The lowest BCUT2D eigenvalue weighted by Crippen LogP contribution is -2.53. The van der Waals surface area contributed by atoms with Gasteiger partial charge in [0.05, 0.1) is 6.42 Å². The quantitative estimate of drug-likeness (QED) is 0.601. The summed E-state index contributed by atoms with van der Waals surface area (Å²) in [5.41, 5.74) is 2.28. The molecule has 0 aliphatic carbocycles. The summed E-state index contributed by atoms with van der Waals surface area (Å²) >= 11 is 12.6. The van der Waals surface area contributed by atoms with E-state index in [1.807, 2.05) is 58.9 Å². The van der Waals surface area contributed by atoms with Crippen LogP contribution in [0.25, 0.3) is 0 Å². The van der Waals surface area contributed by atoms with Crippen molar-refractivity contribution in [3.05, 3.63) is 69.2 Å². The van der Waals surface area contributed by atoms with Crippen LogP contribution in [-0.2, 0) is 22.6 Å². The van der Waals surface area contributed by atoms with E-state index in [-0.39, 0.29) is 18.2 Å². The largest absolute Gasteiger partial charge is 0.350 e. The monoisotopic (exact) mass is 448 g/mol. The Kier molecular flexibility index (Phi) is 8.34. The van der Waals surface area contributed by atoms with E-state index in [9.17, 15) is 9.59 Å². The molecule has 4 nitrogen and oxygen atoms in total. The Balaban J connectivity index is 2.36. The van der Waals surface area contributed by atoms with Gasteiger partial charge in [0.15, 0.2) is 0 Å². The van der Waals surface area contributed by atoms with E-state index in [1.165, 1.54) is 0 Å². The van der Waals surface area contributed by atoms with Crippen LogP contribution in [0.2, 0.25) is 10.0 Å². The van der Waals surface area contributed by atoms with Crippen molar-refractivity contribution in [3.63, 3.8) is 0 Å². The Morgan fingerprint density at radius 2 is 1.60 bits per heavy atom. The number of rotatable bonds is 7. The van der Waals surface area contributed by atoms with E-state index in [0.29, 0.717) is 28.6 Å². The Morgan fingerprint density at radius 1 is 1.03 bits per heavy atom. The summed E-state index contributed by atoms with van der Waals surface area (Å²) in [6.07, 6.45) is 0.527. The second kappa shape index (κ2) is 10.3. The lowest BCUT2D eigenvalue weighted by Gasteiger charge is -2.33. The lowest BCUT2D eigenvalue weighted by atomic mass is 10.0. The van der Waals surface area contributed by atoms with Gasteiger partial charge in [-0.3, -0.25) is 9.59 Å². The minimum Gasteiger partial charge on any atom is -0.350 e. The van der Waals surface area contributed by atoms with Crippen molar-refractivity contribution >= 4 is 35.0 Å². The van der Waals surface area contributed by atoms with Crippen LogP contribution in [0.1, 0.15) is 50.8 Å². The van der Waals surface area contributed by atoms with Crippen molar-refractivity contribution in [2.75, 3.05) is 0 Å². The van der Waals surface area contributed by atoms with Crippen molar-refractivity contribution in [2.45, 2.75) is 65.6 Å². The number of aryl methyl sites for hydroxylation is 1. The molecule has 6 heteroatoms. The Hall–Kier alpha value is -2.04. The average molecular weight is 449 g/mol. The number of amides is 2. The van der Waals surface area contributed by atoms with Gasteiger partial charge in [0.2, 0.25) is 11.8 Å². The van der Waals surface area contributed by atoms with Gasteiger partial charge in [0, 0.05) is 22.1 Å². The van der Waals surface area contributed by atoms with E-state index in [2.05, 4.69) is 5.32 Å². The van der Waals surface area contributed by atoms with Crippen LogP contribution in [0.15, 0.2) is 42.5 Å². The second-order valence-electron chi connectivity index (χ2n) is 8.55. The summed E-state index contributed by atoms with van der Waals surface area (Å²) < 4.78 is 0. The standard InChI is InChI=1S/C24H30Cl2N2O2/c1-6-21(23(30)27-24(3,4)5)28(15-17-12-10-16(2)11-13-17)22(29)14-18-19(25)8-7-9-20(18)26/h7-13,21H,6,14-15H2,1-5H3,(H,27,30)/t21-/m1/s1. The SMILES string of the molecule is CC[C@H](C(=O)NC(C)(C)C)N(Cc1ccc(C)cc1)C(=O)Cc1c(Cl)cccc1Cl. The molecule has 0 spiro atoms. The van der Waals surface area contributed by atoms with Crippen molar-refractivity contribution in [1.82, 2.24) is 10.2 Å². The highest BCUT2D eigenvalue weighted by Crippen LogP contribution is 2.26. The smallest absolute Gasteiger partial charge is 0.243 e. The van der Waals surface area contributed by atoms with Gasteiger partial charge < -0.3 is 10.2 Å². The third-order valence-electron chi connectivity index (χ3n) is 4.75. The summed E-state index contributed by atoms with van der Waals surface area (Å²) in [7, 11) is 0. The van der Waals surface area contributed by atoms with E-state index in [4.69, 9.17) is 23.2 Å². The molecule has 0 radical (unpaired) electrons. The van der Waals surface area contributed by atoms with Crippen LogP contribution in [0.4, 0.5) is 0 Å². The summed E-state index contributed by atoms with van der Waals surface area (Å²) in [6, 6.07) is 12.5. The second-order valence-corrected chi connectivity index (χ2v) is 9.36. The molecule has 2 aromatic carbocycles. The van der Waals surface area contributed by atoms with Crippen molar-refractivity contribution in [2.24, 2.45) is 0 Å². The summed E-state index contributed by atoms with van der Waals surface area (Å²) in [4.78, 5) is 28.0. The molecular formula is C24H30Cl2N2O2. The van der Waals surface area contributed by atoms with Crippen molar-refractivity contribution in [1.29, 1.82) is 0 Å². The number of hydrogen-bond donors (Lipinski definition) is 1. The number of carbonyl (C=O) groups excluding carboxylic acids is 2. The highest BCUT2D eigenvalue weighted by Gasteiger charge is 2.31. The van der Waals surface area contributed by atoms with Crippen LogP contribution in [0.3, 0.4) is 0 Å². The van der Waals surface area contributed by atoms with Gasteiger partial charge in [-0.2, -0.15) is 0 Å². The minimum atomic E-state index is -0.598. The highest BCUT2D eigenvalue weighted by molar-refractivity contribution is 6.36. The molecular weight excluding hydrogens is 419 g/mol. The van der Waals surface area contributed by atoms with Crippen LogP contribution >= 0.6 is 23.2 Å². The van der Waals surface area contributed by atoms with Gasteiger partial charge in [0.1, 0.15) is 6.04 Å². The number of nitrogens with zero attached hydrogens (tertiary/aromatic N) is 1. The van der Waals surface area contributed by atoms with E-state index >= 15 is 0 Å². The Morgan fingerprint density at radius 3 is 2.10 bits per heavy atom. The first-order valence-electron chi connectivity index (χ1n) is 10.1. The maximum absolute atomic E-state index is 13.4. The van der Waals surface area contributed by atoms with Gasteiger partial charge in [-0.15, -0.1) is 0 Å². The minimum absolute atomic E-state index is 0.0314. The van der Waals surface area contributed by atoms with Crippen molar-refractivity contribution < 1.29 is 9.59 Å². The van der Waals surface area contributed by atoms with Gasteiger partial charge >= 0.3 is 0 Å². The van der Waals surface area contributed by atoms with Crippen molar-refractivity contribution in [3.8, 4) is 0 Å². The Bertz CT molecular complexity index is 869. The molecule has 2 rings (SSSR count). The van der Waals surface area contributed by atoms with Gasteiger partial charge in [-0.1, -0.05) is 66.0 Å². The lowest BCUT2D eigenvalue weighted by molar-refractivity contribution is -0.141. The molecule has 0 fully saturated rings. The van der Waals surface area contributed by atoms with Gasteiger partial charge in [-0.25, -0.2) is 0 Å². The summed E-state index contributed by atoms with van der Waals surface area (Å²) in [5.74, 6) is -0.364.